The topological polar surface area (TPSA) is 9.23 Å². The van der Waals surface area contributed by atoms with Crippen molar-refractivity contribution in [3.63, 3.8) is 0 Å². The van der Waals surface area contributed by atoms with Gasteiger partial charge < -0.3 is 4.74 Å². The van der Waals surface area contributed by atoms with Crippen LogP contribution < -0.4 is 4.74 Å². The molecule has 3 unspecified atom stereocenters. The van der Waals surface area contributed by atoms with Crippen LogP contribution in [-0.4, -0.2) is 11.4 Å². The van der Waals surface area contributed by atoms with E-state index in [0.29, 0.717) is 14.7 Å². The molecule has 0 bridgehead atoms. The molecule has 23 heteroatoms. The van der Waals surface area contributed by atoms with Crippen molar-refractivity contribution >= 4 is 111 Å². The van der Waals surface area contributed by atoms with Gasteiger partial charge in [-0.15, -0.1) is 0 Å². The van der Waals surface area contributed by atoms with Crippen molar-refractivity contribution in [2.24, 2.45) is 0 Å². The number of fused-ring (bicyclic) bond motifs is 2. The summed E-state index contributed by atoms with van der Waals surface area (Å²) in [5.74, 6) is -8.75. The fraction of sp³-hybridized carbons (Fsp3) is 0.0541. The molecule has 1 aliphatic heterocycles. The maximum Gasteiger partial charge on any atom is 0.416 e. The second-order valence-corrected chi connectivity index (χ2v) is 32.6. The standard InChI is InChI=1S/C20H12F6IS.C18H8F6IS.C18H12F2IS.C18H14FOS/c21-19(22,23)13-1-7-16(8-2-13)28(18-11-5-15(27)6-12-18)17-9-3-14(4-10-17)20(24,25)26;19-13-5-11(6-14(20)17(13)23)26(10-3-1-9(25)2-4-10)12-7-15(21)18(24)16(22)8-12;19-13-1-7-16(8-2-13)22(17-9-3-14(20)4-10-17)18-11-5-15(21)6-12-18;19-13-9-11-14(12-10-13)21-17-7-3-1-5-15(17)20-16-6-2-4-8-18(16)21/h1-12H;1-8H;1-12H;1-12,15,17H/q4*+1. The van der Waals surface area contributed by atoms with E-state index in [1.54, 1.807) is 48.5 Å². The highest BCUT2D eigenvalue weighted by Crippen LogP contribution is 2.43. The molecule has 0 saturated carbocycles. The average molecular weight is 1750 g/mol. The van der Waals surface area contributed by atoms with Crippen LogP contribution in [0.25, 0.3) is 0 Å². The van der Waals surface area contributed by atoms with Gasteiger partial charge in [-0.25, -0.2) is 39.5 Å². The van der Waals surface area contributed by atoms with Crippen LogP contribution in [0, 0.1) is 63.1 Å². The number of hydrogen-bond acceptors (Lipinski definition) is 1. The lowest BCUT2D eigenvalue weighted by molar-refractivity contribution is -0.138. The second kappa shape index (κ2) is 32.5. The summed E-state index contributed by atoms with van der Waals surface area (Å²) in [6, 6.07) is 62.8. The van der Waals surface area contributed by atoms with Gasteiger partial charge in [-0.1, -0.05) is 24.3 Å². The lowest BCUT2D eigenvalue weighted by Gasteiger charge is -2.30. The maximum absolute atomic E-state index is 13.7. The first-order valence-electron chi connectivity index (χ1n) is 28.5. The Kier molecular flexibility index (Phi) is 24.4. The van der Waals surface area contributed by atoms with E-state index in [2.05, 4.69) is 81.6 Å². The summed E-state index contributed by atoms with van der Waals surface area (Å²) < 4.78 is 207. The third-order valence-corrected chi connectivity index (χ3v) is 25.5. The van der Waals surface area contributed by atoms with Crippen LogP contribution in [0.5, 0.6) is 5.75 Å². The molecule has 0 spiro atoms. The van der Waals surface area contributed by atoms with Gasteiger partial charge in [-0.05, 0) is 286 Å². The molecule has 0 radical (unpaired) electrons. The highest BCUT2D eigenvalue weighted by molar-refractivity contribution is 14.1. The summed E-state index contributed by atoms with van der Waals surface area (Å²) in [7, 11) is -2.72. The number of para-hydroxylation sites is 1. The number of ether oxygens (including phenoxy) is 1. The quantitative estimate of drug-likeness (QED) is 0.0574. The first-order valence-corrected chi connectivity index (χ1v) is 36.7. The predicted molar refractivity (Wildman–Crippen MR) is 376 cm³/mol. The van der Waals surface area contributed by atoms with E-state index >= 15 is 0 Å². The van der Waals surface area contributed by atoms with Crippen LogP contribution in [0.2, 0.25) is 0 Å². The highest BCUT2D eigenvalue weighted by Gasteiger charge is 2.47. The van der Waals surface area contributed by atoms with Gasteiger partial charge in [0, 0.05) is 35.0 Å². The van der Waals surface area contributed by atoms with Crippen molar-refractivity contribution in [1.82, 2.24) is 0 Å². The molecule has 1 heterocycles. The minimum atomic E-state index is -4.45. The Bertz CT molecular complexity index is 4280. The van der Waals surface area contributed by atoms with Crippen molar-refractivity contribution in [3.8, 4) is 5.75 Å². The molecule has 494 valence electrons. The van der Waals surface area contributed by atoms with Crippen LogP contribution in [0.3, 0.4) is 0 Å². The molecule has 11 aromatic rings. The Balaban J connectivity index is 0.000000141. The van der Waals surface area contributed by atoms with Crippen molar-refractivity contribution in [1.29, 1.82) is 0 Å². The number of rotatable bonds is 10. The summed E-state index contributed by atoms with van der Waals surface area (Å²) in [5.41, 5.74) is -1.54. The van der Waals surface area contributed by atoms with Crippen LogP contribution in [0.15, 0.2) is 321 Å². The Hall–Kier alpha value is -6.76. The van der Waals surface area contributed by atoms with Gasteiger partial charge in [0.25, 0.3) is 0 Å². The van der Waals surface area contributed by atoms with Crippen molar-refractivity contribution in [2.45, 2.75) is 77.6 Å². The van der Waals surface area contributed by atoms with Crippen LogP contribution in [0.1, 0.15) is 11.1 Å². The van der Waals surface area contributed by atoms with Crippen LogP contribution >= 0.6 is 67.8 Å². The molecular formula is C74H46F15I3OS4+4. The SMILES string of the molecule is FC(F)(F)c1ccc([S+](c2ccc(I)cc2)c2ccc(C(F)(F)F)cc2)cc1.Fc1cc([S+](c2ccc(I)cc2)c2cc(F)c(F)c(F)c2)cc(F)c1F.Fc1ccc([S+](c2ccc(F)cc2)c2ccc(I)cc2)cc1.Fc1ccc([S+]2c3ccccc3OC3C=CC=CC32)cc1. The lowest BCUT2D eigenvalue weighted by Crippen LogP contribution is -2.40. The Morgan fingerprint density at radius 1 is 0.330 bits per heavy atom. The molecule has 97 heavy (non-hydrogen) atoms. The third-order valence-electron chi connectivity index (χ3n) is 14.2. The zero-order chi connectivity index (χ0) is 69.3. The van der Waals surface area contributed by atoms with Crippen molar-refractivity contribution in [3.05, 3.63) is 341 Å². The van der Waals surface area contributed by atoms with Gasteiger partial charge in [0.05, 0.1) is 54.7 Å². The molecule has 0 aromatic heterocycles. The van der Waals surface area contributed by atoms with Crippen molar-refractivity contribution in [2.75, 3.05) is 0 Å². The molecule has 1 aliphatic carbocycles. The van der Waals surface area contributed by atoms with E-state index < -0.39 is 80.2 Å². The van der Waals surface area contributed by atoms with Crippen LogP contribution in [-0.2, 0) is 55.9 Å². The molecule has 3 atom stereocenters. The summed E-state index contributed by atoms with van der Waals surface area (Å²) >= 11 is 6.43. The zero-order valence-corrected chi connectivity index (χ0v) is 59.1. The molecule has 13 rings (SSSR count). The zero-order valence-electron chi connectivity index (χ0n) is 49.4. The number of benzene rings is 11. The van der Waals surface area contributed by atoms with Gasteiger partial charge in [-0.2, -0.15) is 26.3 Å². The molecule has 0 fully saturated rings. The average Bonchev–Trinajstić information content (AvgIpc) is 0.775. The van der Waals surface area contributed by atoms with Gasteiger partial charge in [-0.3, -0.25) is 0 Å². The van der Waals surface area contributed by atoms with Gasteiger partial charge >= 0.3 is 12.4 Å². The first kappa shape index (κ1) is 73.0. The summed E-state index contributed by atoms with van der Waals surface area (Å²) in [4.78, 5) is 7.89. The maximum atomic E-state index is 13.7. The van der Waals surface area contributed by atoms with E-state index in [4.69, 9.17) is 4.74 Å². The Labute approximate surface area is 600 Å². The number of alkyl halides is 6. The van der Waals surface area contributed by atoms with E-state index in [0.717, 1.165) is 89.5 Å². The molecule has 2 aliphatic rings. The lowest BCUT2D eigenvalue weighted by atomic mass is 10.1. The predicted octanol–water partition coefficient (Wildman–Crippen LogP) is 23.4. The molecular weight excluding hydrogens is 1700 g/mol. The summed E-state index contributed by atoms with van der Waals surface area (Å²) in [6.45, 7) is 0. The summed E-state index contributed by atoms with van der Waals surface area (Å²) in [5, 5.41) is 0.273. The molecule has 0 amide bonds. The Morgan fingerprint density at radius 3 is 0.959 bits per heavy atom. The minimum Gasteiger partial charge on any atom is -0.475 e. The van der Waals surface area contributed by atoms with E-state index in [-0.39, 0.29) is 60.4 Å². The third kappa shape index (κ3) is 18.6. The first-order chi connectivity index (χ1) is 46.3. The smallest absolute Gasteiger partial charge is 0.416 e. The van der Waals surface area contributed by atoms with Gasteiger partial charge in [0.1, 0.15) is 17.5 Å². The van der Waals surface area contributed by atoms with E-state index in [1.165, 1.54) is 65.6 Å². The molecule has 0 saturated heterocycles. The summed E-state index contributed by atoms with van der Waals surface area (Å²) in [6.07, 6.45) is -0.443. The highest BCUT2D eigenvalue weighted by atomic mass is 127. The largest absolute Gasteiger partial charge is 0.475 e. The van der Waals surface area contributed by atoms with Gasteiger partial charge in [0.15, 0.2) is 101 Å². The molecule has 0 N–H and O–H groups in total. The number of allylic oxidation sites excluding steroid dienone is 2. The van der Waals surface area contributed by atoms with E-state index in [1.807, 2.05) is 95.4 Å². The normalized spacial score (nSPS) is 14.7. The Morgan fingerprint density at radius 2 is 0.619 bits per heavy atom. The monoisotopic (exact) mass is 1740 g/mol. The van der Waals surface area contributed by atoms with E-state index in [9.17, 15) is 65.9 Å². The number of halogens is 18. The van der Waals surface area contributed by atoms with Crippen molar-refractivity contribution < 1.29 is 70.6 Å². The fourth-order valence-electron chi connectivity index (χ4n) is 9.71. The minimum absolute atomic E-state index is 0.0342. The van der Waals surface area contributed by atoms with Gasteiger partial charge in [0.2, 0.25) is 4.90 Å². The number of hydrogen-bond donors (Lipinski definition) is 0. The fourth-order valence-corrected chi connectivity index (χ4v) is 19.5. The molecule has 1 nitrogen and oxygen atoms in total. The second-order valence-electron chi connectivity index (χ2n) is 20.7. The van der Waals surface area contributed by atoms with Crippen LogP contribution in [0.4, 0.5) is 65.9 Å². The molecule has 11 aromatic carbocycles.